The summed E-state index contributed by atoms with van der Waals surface area (Å²) in [7, 11) is -0.199. The Morgan fingerprint density at radius 2 is 1.19 bits per heavy atom. The summed E-state index contributed by atoms with van der Waals surface area (Å²) in [5, 5.41) is 8.57. The van der Waals surface area contributed by atoms with Crippen molar-refractivity contribution < 1.29 is 36.3 Å². The molecule has 0 amide bonds. The van der Waals surface area contributed by atoms with Gasteiger partial charge in [-0.05, 0) is 24.3 Å². The van der Waals surface area contributed by atoms with Crippen LogP contribution >= 0.6 is 0 Å². The Bertz CT molecular complexity index is 1130. The van der Waals surface area contributed by atoms with E-state index in [0.717, 1.165) is 27.1 Å². The second-order valence-corrected chi connectivity index (χ2v) is 10.4. The van der Waals surface area contributed by atoms with E-state index in [1.807, 2.05) is 0 Å². The van der Waals surface area contributed by atoms with Gasteiger partial charge in [-0.25, -0.2) is 45.0 Å². The minimum absolute atomic E-state index is 0.0301. The zero-order valence-electron chi connectivity index (χ0n) is 17.4. The van der Waals surface area contributed by atoms with E-state index in [-0.39, 0.29) is 21.2 Å². The van der Waals surface area contributed by atoms with Gasteiger partial charge in [0.2, 0.25) is 20.0 Å². The van der Waals surface area contributed by atoms with Gasteiger partial charge in [0.15, 0.2) is 0 Å². The average molecular weight is 475 g/mol. The van der Waals surface area contributed by atoms with Crippen molar-refractivity contribution in [3.05, 3.63) is 48.0 Å². The fraction of sp³-hybridized carbons (Fsp3) is 0.294. The molecule has 0 bridgehead atoms. The van der Waals surface area contributed by atoms with Crippen LogP contribution in [-0.4, -0.2) is 87.8 Å². The Kier molecular flexibility index (Phi) is 8.74. The maximum Gasteiger partial charge on any atom is 0.356 e. The molecular weight excluding hydrogens is 452 g/mol. The largest absolute Gasteiger partial charge is 0.477 e. The van der Waals surface area contributed by atoms with Gasteiger partial charge in [0.25, 0.3) is 0 Å². The molecule has 0 aliphatic rings. The number of pyridine rings is 2. The quantitative estimate of drug-likeness (QED) is 0.570. The van der Waals surface area contributed by atoms with E-state index in [1.165, 1.54) is 53.5 Å². The van der Waals surface area contributed by atoms with Crippen molar-refractivity contribution in [3.63, 3.8) is 0 Å². The SMILES string of the molecule is CN(C)S(=O)(=O)c1ccc(C(=O)O)nc1.COC(=O)c1ccc(S(=O)(=O)N(C)C)cn1. The van der Waals surface area contributed by atoms with Crippen molar-refractivity contribution in [2.75, 3.05) is 35.3 Å². The van der Waals surface area contributed by atoms with Gasteiger partial charge in [-0.15, -0.1) is 0 Å². The summed E-state index contributed by atoms with van der Waals surface area (Å²) < 4.78 is 53.0. The first-order valence-corrected chi connectivity index (χ1v) is 11.2. The van der Waals surface area contributed by atoms with E-state index in [1.54, 1.807) is 0 Å². The first-order chi connectivity index (χ1) is 14.2. The van der Waals surface area contributed by atoms with E-state index in [4.69, 9.17) is 5.11 Å². The number of ether oxygens (including phenoxy) is 1. The standard InChI is InChI=1S/C9H12N2O4S.C8H10N2O4S/c1-11(2)16(13,14)7-4-5-8(10-6-7)9(12)15-3;1-10(2)15(13,14)6-3-4-7(8(11)12)9-5-6/h4-6H,1-3H3;3-5H,1-2H3,(H,11,12). The summed E-state index contributed by atoms with van der Waals surface area (Å²) >= 11 is 0. The second-order valence-electron chi connectivity index (χ2n) is 6.13. The number of aromatic nitrogens is 2. The number of sulfonamides is 2. The zero-order valence-corrected chi connectivity index (χ0v) is 19.0. The molecule has 0 saturated heterocycles. The van der Waals surface area contributed by atoms with E-state index in [9.17, 15) is 26.4 Å². The third-order valence-electron chi connectivity index (χ3n) is 3.64. The molecule has 2 rings (SSSR count). The predicted molar refractivity (Wildman–Crippen MR) is 109 cm³/mol. The number of methoxy groups -OCH3 is 1. The highest BCUT2D eigenvalue weighted by Gasteiger charge is 2.19. The van der Waals surface area contributed by atoms with Crippen molar-refractivity contribution in [1.29, 1.82) is 0 Å². The van der Waals surface area contributed by atoms with Crippen LogP contribution in [0.3, 0.4) is 0 Å². The maximum atomic E-state index is 11.7. The molecule has 0 saturated carbocycles. The van der Waals surface area contributed by atoms with Crippen molar-refractivity contribution in [2.24, 2.45) is 0 Å². The van der Waals surface area contributed by atoms with Crippen LogP contribution in [0.2, 0.25) is 0 Å². The molecule has 0 aromatic carbocycles. The molecule has 14 heteroatoms. The molecule has 2 aromatic rings. The van der Waals surface area contributed by atoms with Gasteiger partial charge in [-0.2, -0.15) is 0 Å². The van der Waals surface area contributed by atoms with Crippen LogP contribution < -0.4 is 0 Å². The highest BCUT2D eigenvalue weighted by Crippen LogP contribution is 2.12. The topological polar surface area (TPSA) is 164 Å². The first-order valence-electron chi connectivity index (χ1n) is 8.34. The summed E-state index contributed by atoms with van der Waals surface area (Å²) in [4.78, 5) is 28.8. The Morgan fingerprint density at radius 3 is 1.45 bits per heavy atom. The summed E-state index contributed by atoms with van der Waals surface area (Å²) in [5.74, 6) is -1.79. The lowest BCUT2D eigenvalue weighted by molar-refractivity contribution is 0.0593. The fourth-order valence-corrected chi connectivity index (χ4v) is 3.53. The maximum absolute atomic E-state index is 11.7. The number of hydrogen-bond acceptors (Lipinski definition) is 9. The molecule has 31 heavy (non-hydrogen) atoms. The lowest BCUT2D eigenvalue weighted by Crippen LogP contribution is -2.22. The monoisotopic (exact) mass is 474 g/mol. The third kappa shape index (κ3) is 6.52. The van der Waals surface area contributed by atoms with E-state index >= 15 is 0 Å². The van der Waals surface area contributed by atoms with Crippen LogP contribution in [0.15, 0.2) is 46.5 Å². The van der Waals surface area contributed by atoms with E-state index in [2.05, 4.69) is 14.7 Å². The molecule has 12 nitrogen and oxygen atoms in total. The fourth-order valence-electron chi connectivity index (χ4n) is 1.84. The van der Waals surface area contributed by atoms with Crippen LogP contribution in [0, 0.1) is 0 Å². The number of esters is 1. The van der Waals surface area contributed by atoms with Gasteiger partial charge in [-0.3, -0.25) is 0 Å². The zero-order chi connectivity index (χ0) is 24.0. The van der Waals surface area contributed by atoms with Gasteiger partial charge < -0.3 is 9.84 Å². The van der Waals surface area contributed by atoms with E-state index in [0.29, 0.717) is 0 Å². The molecule has 0 aliphatic carbocycles. The second kappa shape index (κ2) is 10.4. The van der Waals surface area contributed by atoms with Gasteiger partial charge in [-0.1, -0.05) is 0 Å². The predicted octanol–water partition coefficient (Wildman–Crippen LogP) is 0.149. The number of carbonyl (C=O) groups excluding carboxylic acids is 1. The highest BCUT2D eigenvalue weighted by atomic mass is 32.2. The molecule has 0 aliphatic heterocycles. The molecule has 0 atom stereocenters. The third-order valence-corrected chi connectivity index (χ3v) is 7.24. The van der Waals surface area contributed by atoms with Crippen molar-refractivity contribution in [2.45, 2.75) is 9.79 Å². The average Bonchev–Trinajstić information content (AvgIpc) is 2.73. The summed E-state index contributed by atoms with van der Waals surface area (Å²) in [6, 6.07) is 4.99. The van der Waals surface area contributed by atoms with E-state index < -0.39 is 32.0 Å². The smallest absolute Gasteiger partial charge is 0.356 e. The number of aromatic carboxylic acids is 1. The van der Waals surface area contributed by atoms with Crippen LogP contribution in [0.5, 0.6) is 0 Å². The van der Waals surface area contributed by atoms with Gasteiger partial charge in [0, 0.05) is 40.6 Å². The number of carbonyl (C=O) groups is 2. The Labute approximate surface area is 180 Å². The summed E-state index contributed by atoms with van der Waals surface area (Å²) in [6.45, 7) is 0. The van der Waals surface area contributed by atoms with Crippen molar-refractivity contribution in [1.82, 2.24) is 18.6 Å². The van der Waals surface area contributed by atoms with Gasteiger partial charge >= 0.3 is 11.9 Å². The molecule has 2 heterocycles. The Morgan fingerprint density at radius 1 is 0.806 bits per heavy atom. The van der Waals surface area contributed by atoms with Crippen molar-refractivity contribution >= 4 is 32.0 Å². The highest BCUT2D eigenvalue weighted by molar-refractivity contribution is 7.89. The molecule has 170 valence electrons. The van der Waals surface area contributed by atoms with Crippen LogP contribution in [0.4, 0.5) is 0 Å². The number of carboxylic acids is 1. The lowest BCUT2D eigenvalue weighted by Gasteiger charge is -2.10. The molecule has 0 fully saturated rings. The van der Waals surface area contributed by atoms with Gasteiger partial charge in [0.1, 0.15) is 21.2 Å². The van der Waals surface area contributed by atoms with Crippen LogP contribution in [0.25, 0.3) is 0 Å². The molecule has 2 aromatic heterocycles. The first kappa shape index (κ1) is 26.1. The molecule has 0 unspecified atom stereocenters. The number of hydrogen-bond donors (Lipinski definition) is 1. The minimum Gasteiger partial charge on any atom is -0.477 e. The van der Waals surface area contributed by atoms with Crippen molar-refractivity contribution in [3.8, 4) is 0 Å². The Hall–Kier alpha value is -2.94. The van der Waals surface area contributed by atoms with Crippen LogP contribution in [0.1, 0.15) is 21.0 Å². The molecule has 0 radical (unpaired) electrons. The summed E-state index contributed by atoms with van der Waals surface area (Å²) in [6.07, 6.45) is 2.15. The molecule has 0 spiro atoms. The molecule has 1 N–H and O–H groups in total. The number of rotatable bonds is 6. The lowest BCUT2D eigenvalue weighted by atomic mass is 10.3. The normalized spacial score (nSPS) is 11.6. The number of nitrogens with zero attached hydrogens (tertiary/aromatic N) is 4. The van der Waals surface area contributed by atoms with Crippen LogP contribution in [-0.2, 0) is 24.8 Å². The Balaban J connectivity index is 0.000000311. The molecular formula is C17H22N4O8S2. The summed E-state index contributed by atoms with van der Waals surface area (Å²) in [5.41, 5.74) is -0.118. The minimum atomic E-state index is -3.54. The number of carboxylic acid groups (broad SMARTS) is 1. The van der Waals surface area contributed by atoms with Gasteiger partial charge in [0.05, 0.1) is 7.11 Å².